The molecule has 7 heteroatoms. The molecule has 19 heavy (non-hydrogen) atoms. The molecule has 1 aromatic carbocycles. The van der Waals surface area contributed by atoms with Crippen LogP contribution in [0.25, 0.3) is 0 Å². The van der Waals surface area contributed by atoms with Crippen molar-refractivity contribution in [3.8, 4) is 0 Å². The SMILES string of the molecule is CCN(CCO)C(=O)c1ccc(S(=O)(=O)NC)cc1. The molecule has 2 N–H and O–H groups in total. The second kappa shape index (κ2) is 6.65. The first-order valence-electron chi connectivity index (χ1n) is 5.90. The van der Waals surface area contributed by atoms with Gasteiger partial charge >= 0.3 is 0 Å². The van der Waals surface area contributed by atoms with Gasteiger partial charge < -0.3 is 10.0 Å². The van der Waals surface area contributed by atoms with Crippen LogP contribution in [-0.4, -0.2) is 51.1 Å². The zero-order valence-electron chi connectivity index (χ0n) is 11.0. The lowest BCUT2D eigenvalue weighted by molar-refractivity contribution is 0.0732. The molecule has 0 aromatic heterocycles. The number of amides is 1. The van der Waals surface area contributed by atoms with Crippen molar-refractivity contribution in [3.05, 3.63) is 29.8 Å². The Morgan fingerprint density at radius 2 is 1.89 bits per heavy atom. The van der Waals surface area contributed by atoms with Crippen LogP contribution in [0.4, 0.5) is 0 Å². The van der Waals surface area contributed by atoms with Gasteiger partial charge in [0.15, 0.2) is 0 Å². The van der Waals surface area contributed by atoms with E-state index < -0.39 is 10.0 Å². The maximum absolute atomic E-state index is 12.0. The third-order valence-electron chi connectivity index (χ3n) is 2.72. The molecular formula is C12H18N2O4S. The van der Waals surface area contributed by atoms with E-state index in [0.29, 0.717) is 12.1 Å². The Morgan fingerprint density at radius 3 is 2.32 bits per heavy atom. The van der Waals surface area contributed by atoms with Crippen molar-refractivity contribution >= 4 is 15.9 Å². The Hall–Kier alpha value is -1.44. The van der Waals surface area contributed by atoms with Crippen LogP contribution < -0.4 is 4.72 Å². The highest BCUT2D eigenvalue weighted by atomic mass is 32.2. The molecule has 1 amide bonds. The minimum atomic E-state index is -3.49. The van der Waals surface area contributed by atoms with Crippen LogP contribution in [0.3, 0.4) is 0 Å². The van der Waals surface area contributed by atoms with E-state index in [0.717, 1.165) is 0 Å². The summed E-state index contributed by atoms with van der Waals surface area (Å²) in [5.41, 5.74) is 0.394. The molecule has 106 valence electrons. The number of sulfonamides is 1. The summed E-state index contributed by atoms with van der Waals surface area (Å²) in [6.45, 7) is 2.45. The molecule has 0 aliphatic heterocycles. The van der Waals surface area contributed by atoms with Crippen LogP contribution in [-0.2, 0) is 10.0 Å². The molecule has 0 spiro atoms. The van der Waals surface area contributed by atoms with Crippen molar-refractivity contribution in [1.29, 1.82) is 0 Å². The zero-order valence-corrected chi connectivity index (χ0v) is 11.8. The van der Waals surface area contributed by atoms with Gasteiger partial charge in [-0.2, -0.15) is 0 Å². The number of nitrogens with one attached hydrogen (secondary N) is 1. The molecule has 0 unspecified atom stereocenters. The molecule has 0 heterocycles. The Balaban J connectivity index is 2.96. The molecule has 0 saturated heterocycles. The van der Waals surface area contributed by atoms with E-state index in [-0.39, 0.29) is 24.0 Å². The lowest BCUT2D eigenvalue weighted by Crippen LogP contribution is -2.33. The van der Waals surface area contributed by atoms with Gasteiger partial charge in [0.05, 0.1) is 11.5 Å². The Kier molecular flexibility index (Phi) is 5.46. The van der Waals surface area contributed by atoms with Gasteiger partial charge in [0, 0.05) is 18.7 Å². The van der Waals surface area contributed by atoms with Crippen LogP contribution >= 0.6 is 0 Å². The molecule has 0 bridgehead atoms. The summed E-state index contributed by atoms with van der Waals surface area (Å²) in [6, 6.07) is 5.69. The Bertz CT molecular complexity index is 525. The maximum atomic E-state index is 12.0. The summed E-state index contributed by atoms with van der Waals surface area (Å²) in [4.78, 5) is 13.6. The number of aliphatic hydroxyl groups is 1. The number of likely N-dealkylation sites (N-methyl/N-ethyl adjacent to an activating group) is 1. The highest BCUT2D eigenvalue weighted by molar-refractivity contribution is 7.89. The molecule has 1 rings (SSSR count). The zero-order chi connectivity index (χ0) is 14.5. The van der Waals surface area contributed by atoms with Gasteiger partial charge in [0.1, 0.15) is 0 Å². The molecular weight excluding hydrogens is 268 g/mol. The van der Waals surface area contributed by atoms with E-state index in [1.165, 1.54) is 36.2 Å². The van der Waals surface area contributed by atoms with Crippen LogP contribution in [0, 0.1) is 0 Å². The van der Waals surface area contributed by atoms with E-state index in [9.17, 15) is 13.2 Å². The van der Waals surface area contributed by atoms with Crippen molar-refractivity contribution in [2.75, 3.05) is 26.7 Å². The normalized spacial score (nSPS) is 11.3. The Labute approximate surface area is 113 Å². The number of carbonyl (C=O) groups excluding carboxylic acids is 1. The number of rotatable bonds is 6. The van der Waals surface area contributed by atoms with Crippen molar-refractivity contribution in [1.82, 2.24) is 9.62 Å². The Morgan fingerprint density at radius 1 is 1.32 bits per heavy atom. The third-order valence-corrected chi connectivity index (χ3v) is 4.15. The highest BCUT2D eigenvalue weighted by Gasteiger charge is 2.15. The molecule has 0 aliphatic carbocycles. The average molecular weight is 286 g/mol. The molecule has 0 fully saturated rings. The van der Waals surface area contributed by atoms with Crippen molar-refractivity contribution in [3.63, 3.8) is 0 Å². The summed E-state index contributed by atoms with van der Waals surface area (Å²) in [5, 5.41) is 8.86. The fraction of sp³-hybridized carbons (Fsp3) is 0.417. The highest BCUT2D eigenvalue weighted by Crippen LogP contribution is 2.11. The third kappa shape index (κ3) is 3.76. The lowest BCUT2D eigenvalue weighted by Gasteiger charge is -2.19. The van der Waals surface area contributed by atoms with Crippen LogP contribution in [0.5, 0.6) is 0 Å². The number of benzene rings is 1. The van der Waals surface area contributed by atoms with E-state index in [2.05, 4.69) is 4.72 Å². The number of carbonyl (C=O) groups is 1. The van der Waals surface area contributed by atoms with Gasteiger partial charge in [-0.25, -0.2) is 13.1 Å². The molecule has 0 aliphatic rings. The van der Waals surface area contributed by atoms with E-state index in [4.69, 9.17) is 5.11 Å². The quantitative estimate of drug-likeness (QED) is 0.773. The fourth-order valence-electron chi connectivity index (χ4n) is 1.60. The number of hydrogen-bond acceptors (Lipinski definition) is 4. The maximum Gasteiger partial charge on any atom is 0.253 e. The minimum Gasteiger partial charge on any atom is -0.395 e. The standard InChI is InChI=1S/C12H18N2O4S/c1-3-14(8-9-15)12(16)10-4-6-11(7-5-10)19(17,18)13-2/h4-7,13,15H,3,8-9H2,1-2H3. The predicted octanol–water partition coefficient (Wildman–Crippen LogP) is 0.0491. The average Bonchev–Trinajstić information content (AvgIpc) is 2.44. The second-order valence-corrected chi connectivity index (χ2v) is 5.73. The summed E-state index contributed by atoms with van der Waals surface area (Å²) >= 11 is 0. The lowest BCUT2D eigenvalue weighted by atomic mass is 10.2. The predicted molar refractivity (Wildman–Crippen MR) is 71.4 cm³/mol. The smallest absolute Gasteiger partial charge is 0.253 e. The van der Waals surface area contributed by atoms with Gasteiger partial charge in [0.2, 0.25) is 10.0 Å². The number of aliphatic hydroxyl groups excluding tert-OH is 1. The van der Waals surface area contributed by atoms with E-state index >= 15 is 0 Å². The monoisotopic (exact) mass is 286 g/mol. The minimum absolute atomic E-state index is 0.105. The van der Waals surface area contributed by atoms with Gasteiger partial charge in [-0.3, -0.25) is 4.79 Å². The van der Waals surface area contributed by atoms with Crippen molar-refractivity contribution in [2.24, 2.45) is 0 Å². The largest absolute Gasteiger partial charge is 0.395 e. The topological polar surface area (TPSA) is 86.7 Å². The summed E-state index contributed by atoms with van der Waals surface area (Å²) in [7, 11) is -2.16. The summed E-state index contributed by atoms with van der Waals surface area (Å²) in [6.07, 6.45) is 0. The van der Waals surface area contributed by atoms with Crippen molar-refractivity contribution < 1.29 is 18.3 Å². The van der Waals surface area contributed by atoms with Crippen LogP contribution in [0.1, 0.15) is 17.3 Å². The van der Waals surface area contributed by atoms with Crippen molar-refractivity contribution in [2.45, 2.75) is 11.8 Å². The molecule has 1 aromatic rings. The van der Waals surface area contributed by atoms with Crippen LogP contribution in [0.15, 0.2) is 29.2 Å². The van der Waals surface area contributed by atoms with E-state index in [1.54, 1.807) is 0 Å². The first kappa shape index (κ1) is 15.6. The van der Waals surface area contributed by atoms with Gasteiger partial charge in [-0.15, -0.1) is 0 Å². The fourth-order valence-corrected chi connectivity index (χ4v) is 2.33. The van der Waals surface area contributed by atoms with Gasteiger partial charge in [0.25, 0.3) is 5.91 Å². The number of nitrogens with zero attached hydrogens (tertiary/aromatic N) is 1. The molecule has 6 nitrogen and oxygen atoms in total. The summed E-state index contributed by atoms with van der Waals surface area (Å²) in [5.74, 6) is -0.232. The van der Waals surface area contributed by atoms with Gasteiger partial charge in [-0.05, 0) is 38.2 Å². The van der Waals surface area contributed by atoms with Gasteiger partial charge in [-0.1, -0.05) is 0 Å². The molecule has 0 atom stereocenters. The second-order valence-electron chi connectivity index (χ2n) is 3.84. The molecule has 0 radical (unpaired) electrons. The number of hydrogen-bond donors (Lipinski definition) is 2. The van der Waals surface area contributed by atoms with Crippen LogP contribution in [0.2, 0.25) is 0 Å². The summed E-state index contributed by atoms with van der Waals surface area (Å²) < 4.78 is 25.3. The first-order chi connectivity index (χ1) is 8.96. The first-order valence-corrected chi connectivity index (χ1v) is 7.38. The van der Waals surface area contributed by atoms with E-state index in [1.807, 2.05) is 6.92 Å². The molecule has 0 saturated carbocycles.